The summed E-state index contributed by atoms with van der Waals surface area (Å²) in [7, 11) is 0. The van der Waals surface area contributed by atoms with E-state index in [9.17, 15) is 10.1 Å². The van der Waals surface area contributed by atoms with E-state index >= 15 is 0 Å². The van der Waals surface area contributed by atoms with E-state index < -0.39 is 4.92 Å². The predicted octanol–water partition coefficient (Wildman–Crippen LogP) is 3.92. The zero-order chi connectivity index (χ0) is 18.1. The van der Waals surface area contributed by atoms with Crippen LogP contribution in [-0.2, 0) is 0 Å². The molecule has 1 saturated carbocycles. The first-order valence-electron chi connectivity index (χ1n) is 7.93. The van der Waals surface area contributed by atoms with Crippen LogP contribution in [0.3, 0.4) is 0 Å². The number of nitro groups is 1. The molecule has 11 heteroatoms. The summed E-state index contributed by atoms with van der Waals surface area (Å²) in [5.41, 5.74) is 0.655. The lowest BCUT2D eigenvalue weighted by molar-refractivity contribution is -0.384. The number of aromatic nitrogens is 4. The van der Waals surface area contributed by atoms with Crippen molar-refractivity contribution in [2.45, 2.75) is 35.4 Å². The van der Waals surface area contributed by atoms with Crippen molar-refractivity contribution in [3.8, 4) is 11.5 Å². The largest absolute Gasteiger partial charge is 0.419 e. The Morgan fingerprint density at radius 1 is 1.27 bits per heavy atom. The SMILES string of the molecule is CC(Sc1nnc(NC2CC2)s1)c1nnc(-c2ccc([N+](=O)[O-])cc2)o1. The number of anilines is 1. The molecule has 1 aliphatic carbocycles. The lowest BCUT2D eigenvalue weighted by Crippen LogP contribution is -1.99. The molecule has 0 bridgehead atoms. The van der Waals surface area contributed by atoms with E-state index in [1.807, 2.05) is 6.92 Å². The van der Waals surface area contributed by atoms with Crippen LogP contribution in [0.1, 0.15) is 30.9 Å². The molecule has 134 valence electrons. The Balaban J connectivity index is 1.42. The maximum Gasteiger partial charge on any atom is 0.269 e. The lowest BCUT2D eigenvalue weighted by Gasteiger charge is -2.02. The van der Waals surface area contributed by atoms with Gasteiger partial charge in [0.05, 0.1) is 10.2 Å². The minimum Gasteiger partial charge on any atom is -0.419 e. The summed E-state index contributed by atoms with van der Waals surface area (Å²) in [6.07, 6.45) is 2.37. The molecular formula is C15H14N6O3S2. The van der Waals surface area contributed by atoms with Crippen LogP contribution >= 0.6 is 23.1 Å². The summed E-state index contributed by atoms with van der Waals surface area (Å²) in [4.78, 5) is 10.3. The van der Waals surface area contributed by atoms with Crippen LogP contribution in [0.25, 0.3) is 11.5 Å². The van der Waals surface area contributed by atoms with E-state index in [4.69, 9.17) is 4.42 Å². The Morgan fingerprint density at radius 3 is 2.73 bits per heavy atom. The summed E-state index contributed by atoms with van der Waals surface area (Å²) < 4.78 is 6.54. The van der Waals surface area contributed by atoms with Crippen molar-refractivity contribution in [3.05, 3.63) is 40.3 Å². The van der Waals surface area contributed by atoms with Gasteiger partial charge in [-0.05, 0) is 31.9 Å². The highest BCUT2D eigenvalue weighted by atomic mass is 32.2. The molecule has 0 radical (unpaired) electrons. The molecular weight excluding hydrogens is 376 g/mol. The number of thioether (sulfide) groups is 1. The van der Waals surface area contributed by atoms with E-state index in [0.29, 0.717) is 23.4 Å². The van der Waals surface area contributed by atoms with Crippen LogP contribution in [-0.4, -0.2) is 31.4 Å². The van der Waals surface area contributed by atoms with Crippen LogP contribution in [0.2, 0.25) is 0 Å². The number of hydrogen-bond donors (Lipinski definition) is 1. The molecule has 26 heavy (non-hydrogen) atoms. The fourth-order valence-electron chi connectivity index (χ4n) is 2.16. The van der Waals surface area contributed by atoms with Crippen LogP contribution in [0.5, 0.6) is 0 Å². The topological polar surface area (TPSA) is 120 Å². The quantitative estimate of drug-likeness (QED) is 0.363. The summed E-state index contributed by atoms with van der Waals surface area (Å²) in [5.74, 6) is 0.797. The second-order valence-electron chi connectivity index (χ2n) is 5.80. The summed E-state index contributed by atoms with van der Waals surface area (Å²) >= 11 is 3.01. The minimum absolute atomic E-state index is 0.0179. The third-order valence-corrected chi connectivity index (χ3v) is 5.73. The van der Waals surface area contributed by atoms with Gasteiger partial charge in [0.2, 0.25) is 16.9 Å². The maximum absolute atomic E-state index is 10.7. The third kappa shape index (κ3) is 3.83. The fourth-order valence-corrected chi connectivity index (χ4v) is 4.16. The summed E-state index contributed by atoms with van der Waals surface area (Å²) in [5, 5.41) is 31.2. The van der Waals surface area contributed by atoms with E-state index in [2.05, 4.69) is 25.7 Å². The van der Waals surface area contributed by atoms with Crippen molar-refractivity contribution >= 4 is 33.9 Å². The minimum atomic E-state index is -0.448. The zero-order valence-corrected chi connectivity index (χ0v) is 15.3. The molecule has 1 N–H and O–H groups in total. The molecule has 1 fully saturated rings. The molecule has 3 aromatic rings. The fraction of sp³-hybridized carbons (Fsp3) is 0.333. The molecule has 2 aromatic heterocycles. The van der Waals surface area contributed by atoms with Gasteiger partial charge in [-0.3, -0.25) is 10.1 Å². The maximum atomic E-state index is 10.7. The van der Waals surface area contributed by atoms with Gasteiger partial charge in [0.1, 0.15) is 0 Å². The summed E-state index contributed by atoms with van der Waals surface area (Å²) in [6.45, 7) is 1.95. The highest BCUT2D eigenvalue weighted by Crippen LogP contribution is 2.38. The number of rotatable bonds is 7. The third-order valence-electron chi connectivity index (χ3n) is 3.70. The first-order valence-corrected chi connectivity index (χ1v) is 9.63. The number of non-ortho nitro benzene ring substituents is 1. The molecule has 9 nitrogen and oxygen atoms in total. The molecule has 0 amide bonds. The first-order chi connectivity index (χ1) is 12.6. The molecule has 1 atom stereocenters. The Morgan fingerprint density at radius 2 is 2.04 bits per heavy atom. The van der Waals surface area contributed by atoms with Gasteiger partial charge in [0, 0.05) is 23.7 Å². The Labute approximate surface area is 156 Å². The molecule has 0 spiro atoms. The second kappa shape index (κ2) is 7.00. The standard InChI is InChI=1S/C15H14N6O3S2/c1-8(25-15-20-19-14(26-15)16-10-4-5-10)12-17-18-13(24-12)9-2-6-11(7-3-9)21(22)23/h2-3,6-8,10H,4-5H2,1H3,(H,16,19). The molecule has 1 aliphatic rings. The van der Waals surface area contributed by atoms with E-state index in [-0.39, 0.29) is 10.9 Å². The highest BCUT2D eigenvalue weighted by molar-refractivity contribution is 8.01. The van der Waals surface area contributed by atoms with Gasteiger partial charge in [0.15, 0.2) is 4.34 Å². The Bertz CT molecular complexity index is 922. The van der Waals surface area contributed by atoms with Crippen LogP contribution in [0.15, 0.2) is 33.0 Å². The molecule has 2 heterocycles. The van der Waals surface area contributed by atoms with Crippen molar-refractivity contribution in [2.24, 2.45) is 0 Å². The van der Waals surface area contributed by atoms with Crippen molar-refractivity contribution in [1.82, 2.24) is 20.4 Å². The average molecular weight is 390 g/mol. The van der Waals surface area contributed by atoms with Crippen molar-refractivity contribution < 1.29 is 9.34 Å². The molecule has 4 rings (SSSR count). The van der Waals surface area contributed by atoms with Gasteiger partial charge in [-0.25, -0.2) is 0 Å². The Kier molecular flexibility index (Phi) is 4.55. The van der Waals surface area contributed by atoms with Gasteiger partial charge >= 0.3 is 0 Å². The smallest absolute Gasteiger partial charge is 0.269 e. The molecule has 1 unspecified atom stereocenters. The lowest BCUT2D eigenvalue weighted by atomic mass is 10.2. The van der Waals surface area contributed by atoms with Crippen molar-refractivity contribution in [3.63, 3.8) is 0 Å². The molecule has 1 aromatic carbocycles. The van der Waals surface area contributed by atoms with Gasteiger partial charge < -0.3 is 9.73 Å². The molecule has 0 aliphatic heterocycles. The van der Waals surface area contributed by atoms with Crippen LogP contribution in [0.4, 0.5) is 10.8 Å². The van der Waals surface area contributed by atoms with Crippen molar-refractivity contribution in [2.75, 3.05) is 5.32 Å². The number of benzene rings is 1. The first kappa shape index (κ1) is 16.9. The predicted molar refractivity (Wildman–Crippen MR) is 97.2 cm³/mol. The molecule has 0 saturated heterocycles. The zero-order valence-electron chi connectivity index (χ0n) is 13.7. The van der Waals surface area contributed by atoms with Crippen LogP contribution in [0, 0.1) is 10.1 Å². The number of hydrogen-bond acceptors (Lipinski definition) is 10. The monoisotopic (exact) mass is 390 g/mol. The van der Waals surface area contributed by atoms with Gasteiger partial charge in [-0.2, -0.15) is 0 Å². The average Bonchev–Trinajstić information content (AvgIpc) is 3.12. The van der Waals surface area contributed by atoms with Crippen molar-refractivity contribution in [1.29, 1.82) is 0 Å². The van der Waals surface area contributed by atoms with Crippen LogP contribution < -0.4 is 5.32 Å². The number of nitrogens with one attached hydrogen (secondary N) is 1. The van der Waals surface area contributed by atoms with E-state index in [0.717, 1.165) is 9.47 Å². The Hall–Kier alpha value is -2.53. The van der Waals surface area contributed by atoms with E-state index in [1.54, 1.807) is 12.1 Å². The van der Waals surface area contributed by atoms with Gasteiger partial charge in [-0.1, -0.05) is 23.1 Å². The number of nitro benzene ring substituents is 1. The van der Waals surface area contributed by atoms with E-state index in [1.165, 1.54) is 48.1 Å². The second-order valence-corrected chi connectivity index (χ2v) is 8.37. The van der Waals surface area contributed by atoms with Gasteiger partial charge in [-0.15, -0.1) is 20.4 Å². The normalized spacial score (nSPS) is 15.0. The summed E-state index contributed by atoms with van der Waals surface area (Å²) in [6, 6.07) is 6.54. The highest BCUT2D eigenvalue weighted by Gasteiger charge is 2.23. The number of nitrogens with zero attached hydrogens (tertiary/aromatic N) is 5. The van der Waals surface area contributed by atoms with Gasteiger partial charge in [0.25, 0.3) is 5.69 Å².